The summed E-state index contributed by atoms with van der Waals surface area (Å²) < 4.78 is 31.5. The number of anilines is 1. The zero-order valence-electron chi connectivity index (χ0n) is 16.3. The van der Waals surface area contributed by atoms with E-state index in [1.165, 1.54) is 41.9 Å². The highest BCUT2D eigenvalue weighted by Gasteiger charge is 2.19. The Labute approximate surface area is 183 Å². The third kappa shape index (κ3) is 4.23. The lowest BCUT2D eigenvalue weighted by atomic mass is 10.2. The number of aromatic nitrogens is 7. The third-order valence-corrected chi connectivity index (χ3v) is 4.53. The van der Waals surface area contributed by atoms with Gasteiger partial charge in [-0.25, -0.2) is 24.9 Å². The van der Waals surface area contributed by atoms with Crippen molar-refractivity contribution in [2.75, 3.05) is 5.32 Å². The molecule has 0 aliphatic carbocycles. The topological polar surface area (TPSA) is 147 Å². The van der Waals surface area contributed by atoms with E-state index in [9.17, 15) is 13.6 Å². The van der Waals surface area contributed by atoms with Crippen LogP contribution in [0, 0.1) is 0 Å². The second-order valence-corrected chi connectivity index (χ2v) is 6.86. The lowest BCUT2D eigenvalue weighted by molar-refractivity contribution is -0.0489. The van der Waals surface area contributed by atoms with Crippen molar-refractivity contribution in [2.24, 2.45) is 5.73 Å². The highest BCUT2D eigenvalue weighted by atomic mass is 35.5. The van der Waals surface area contributed by atoms with Gasteiger partial charge in [-0.05, 0) is 13.0 Å². The van der Waals surface area contributed by atoms with E-state index < -0.39 is 18.6 Å². The molecule has 3 aromatic heterocycles. The molecule has 32 heavy (non-hydrogen) atoms. The molecule has 164 valence electrons. The van der Waals surface area contributed by atoms with Gasteiger partial charge in [-0.2, -0.15) is 18.6 Å². The Kier molecular flexibility index (Phi) is 5.73. The molecule has 0 bridgehead atoms. The summed E-state index contributed by atoms with van der Waals surface area (Å²) in [6, 6.07) is 2.30. The predicted molar refractivity (Wildman–Crippen MR) is 109 cm³/mol. The van der Waals surface area contributed by atoms with Crippen molar-refractivity contribution in [1.82, 2.24) is 34.7 Å². The van der Waals surface area contributed by atoms with Crippen LogP contribution in [0.3, 0.4) is 0 Å². The second kappa shape index (κ2) is 8.63. The first-order chi connectivity index (χ1) is 15.3. The van der Waals surface area contributed by atoms with Crippen LogP contribution in [0.15, 0.2) is 37.2 Å². The number of nitrogens with two attached hydrogens (primary N) is 1. The molecule has 4 aromatic rings. The molecule has 0 fully saturated rings. The number of primary amides is 1. The molecule has 0 aliphatic rings. The molecule has 11 nitrogen and oxygen atoms in total. The summed E-state index contributed by atoms with van der Waals surface area (Å²) in [4.78, 5) is 31.7. The van der Waals surface area contributed by atoms with Gasteiger partial charge in [0.1, 0.15) is 29.7 Å². The maximum Gasteiger partial charge on any atom is 0.387 e. The number of fused-ring (bicyclic) bond motifs is 1. The summed E-state index contributed by atoms with van der Waals surface area (Å²) in [5, 5.41) is 7.82. The first-order valence-corrected chi connectivity index (χ1v) is 9.39. The molecular weight excluding hydrogens is 448 g/mol. The molecule has 14 heteroatoms. The van der Waals surface area contributed by atoms with Gasteiger partial charge in [-0.15, -0.1) is 0 Å². The number of nitrogens with zero attached hydrogens (tertiary/aromatic N) is 7. The Morgan fingerprint density at radius 3 is 2.66 bits per heavy atom. The summed E-state index contributed by atoms with van der Waals surface area (Å²) in [6.07, 6.45) is 5.09. The van der Waals surface area contributed by atoms with Crippen molar-refractivity contribution >= 4 is 34.2 Å². The fourth-order valence-corrected chi connectivity index (χ4v) is 3.16. The number of nitrogens with one attached hydrogen (secondary N) is 1. The number of rotatable bonds is 7. The first kappa shape index (κ1) is 21.2. The first-order valence-electron chi connectivity index (χ1n) is 9.01. The normalized spacial score (nSPS) is 12.2. The van der Waals surface area contributed by atoms with Crippen LogP contribution in [-0.4, -0.2) is 47.2 Å². The molecule has 0 aliphatic heterocycles. The van der Waals surface area contributed by atoms with Gasteiger partial charge < -0.3 is 15.8 Å². The molecule has 1 atom stereocenters. The van der Waals surface area contributed by atoms with Crippen molar-refractivity contribution < 1.29 is 18.3 Å². The van der Waals surface area contributed by atoms with Crippen LogP contribution < -0.4 is 15.8 Å². The fourth-order valence-electron chi connectivity index (χ4n) is 2.95. The van der Waals surface area contributed by atoms with Gasteiger partial charge in [0, 0.05) is 16.5 Å². The van der Waals surface area contributed by atoms with Crippen molar-refractivity contribution in [2.45, 2.75) is 19.6 Å². The fraction of sp³-hybridized carbons (Fsp3) is 0.167. The van der Waals surface area contributed by atoms with Crippen molar-refractivity contribution in [3.63, 3.8) is 0 Å². The molecule has 1 aromatic carbocycles. The number of halogens is 3. The highest BCUT2D eigenvalue weighted by molar-refractivity contribution is 6.31. The van der Waals surface area contributed by atoms with Crippen LogP contribution in [0.2, 0.25) is 5.02 Å². The lowest BCUT2D eigenvalue weighted by Crippen LogP contribution is -2.17. The molecular formula is C18H14ClF2N9O2. The zero-order valence-corrected chi connectivity index (χ0v) is 17.0. The SMILES string of the molecule is C[C@H](Nc1ncnc2c(OC(F)F)cc(Cl)cc12)c1ncnn1-c1cnc(C(N)=O)cn1. The lowest BCUT2D eigenvalue weighted by Gasteiger charge is -2.17. The molecule has 4 rings (SSSR count). The predicted octanol–water partition coefficient (Wildman–Crippen LogP) is 2.53. The molecule has 3 heterocycles. The summed E-state index contributed by atoms with van der Waals surface area (Å²) in [5.41, 5.74) is 5.35. The Morgan fingerprint density at radius 2 is 1.97 bits per heavy atom. The summed E-state index contributed by atoms with van der Waals surface area (Å²) >= 11 is 6.07. The third-order valence-electron chi connectivity index (χ3n) is 4.31. The van der Waals surface area contributed by atoms with E-state index in [4.69, 9.17) is 17.3 Å². The average Bonchev–Trinajstić information content (AvgIpc) is 3.24. The van der Waals surface area contributed by atoms with Gasteiger partial charge in [0.05, 0.1) is 18.4 Å². The van der Waals surface area contributed by atoms with Crippen LogP contribution >= 0.6 is 11.6 Å². The van der Waals surface area contributed by atoms with Crippen LogP contribution in [0.1, 0.15) is 29.3 Å². The summed E-state index contributed by atoms with van der Waals surface area (Å²) in [7, 11) is 0. The molecule has 0 saturated carbocycles. The van der Waals surface area contributed by atoms with Crippen molar-refractivity contribution in [3.05, 3.63) is 53.7 Å². The van der Waals surface area contributed by atoms with Crippen LogP contribution in [0.5, 0.6) is 5.75 Å². The van der Waals surface area contributed by atoms with E-state index >= 15 is 0 Å². The maximum absolute atomic E-state index is 12.8. The highest BCUT2D eigenvalue weighted by Crippen LogP contribution is 2.33. The van der Waals surface area contributed by atoms with Crippen LogP contribution in [0.25, 0.3) is 16.7 Å². The smallest absolute Gasteiger partial charge is 0.387 e. The molecule has 3 N–H and O–H groups in total. The summed E-state index contributed by atoms with van der Waals surface area (Å²) in [5.74, 6) is 0.174. The number of amides is 1. The number of carbonyl (C=O) groups is 1. The number of alkyl halides is 2. The number of hydrogen-bond donors (Lipinski definition) is 2. The van der Waals surface area contributed by atoms with E-state index in [1.807, 2.05) is 0 Å². The Balaban J connectivity index is 1.67. The minimum Gasteiger partial charge on any atom is -0.432 e. The van der Waals surface area contributed by atoms with Gasteiger partial charge in [0.25, 0.3) is 5.91 Å². The van der Waals surface area contributed by atoms with E-state index in [-0.39, 0.29) is 22.0 Å². The van der Waals surface area contributed by atoms with E-state index in [0.717, 1.165) is 0 Å². The quantitative estimate of drug-likeness (QED) is 0.423. The molecule has 0 saturated heterocycles. The van der Waals surface area contributed by atoms with Crippen molar-refractivity contribution in [3.8, 4) is 11.6 Å². The molecule has 1 amide bonds. The minimum absolute atomic E-state index is 0.00717. The Morgan fingerprint density at radius 1 is 1.16 bits per heavy atom. The van der Waals surface area contributed by atoms with E-state index in [1.54, 1.807) is 6.92 Å². The van der Waals surface area contributed by atoms with Gasteiger partial charge in [-0.3, -0.25) is 4.79 Å². The standard InChI is InChI=1S/C18H14ClF2N9O2/c1-8(17-27-7-28-30(17)13-5-23-11(4-24-13)15(22)31)29-16-10-2-9(19)3-12(32-18(20)21)14(10)25-6-26-16/h2-8,18H,1H3,(H2,22,31)(H,25,26,29)/t8-/m0/s1. The number of ether oxygens (including phenoxy) is 1. The molecule has 0 radical (unpaired) electrons. The maximum atomic E-state index is 12.8. The molecule has 0 spiro atoms. The molecule has 0 unspecified atom stereocenters. The number of hydrogen-bond acceptors (Lipinski definition) is 9. The Hall–Kier alpha value is -4.00. The Bertz CT molecular complexity index is 1280. The zero-order chi connectivity index (χ0) is 22.8. The summed E-state index contributed by atoms with van der Waals surface area (Å²) in [6.45, 7) is -1.26. The monoisotopic (exact) mass is 461 g/mol. The van der Waals surface area contributed by atoms with Gasteiger partial charge >= 0.3 is 6.61 Å². The average molecular weight is 462 g/mol. The second-order valence-electron chi connectivity index (χ2n) is 6.42. The van der Waals surface area contributed by atoms with Gasteiger partial charge in [0.2, 0.25) is 0 Å². The number of benzene rings is 1. The number of carbonyl (C=O) groups excluding carboxylic acids is 1. The minimum atomic E-state index is -3.04. The largest absolute Gasteiger partial charge is 0.432 e. The van der Waals surface area contributed by atoms with Gasteiger partial charge in [-0.1, -0.05) is 11.6 Å². The van der Waals surface area contributed by atoms with E-state index in [2.05, 4.69) is 40.1 Å². The van der Waals surface area contributed by atoms with Gasteiger partial charge in [0.15, 0.2) is 17.4 Å². The van der Waals surface area contributed by atoms with E-state index in [0.29, 0.717) is 22.8 Å². The van der Waals surface area contributed by atoms with Crippen LogP contribution in [0.4, 0.5) is 14.6 Å². The van der Waals surface area contributed by atoms with Crippen molar-refractivity contribution in [1.29, 1.82) is 0 Å². The van der Waals surface area contributed by atoms with Crippen LogP contribution in [-0.2, 0) is 0 Å².